The summed E-state index contributed by atoms with van der Waals surface area (Å²) < 4.78 is 0. The molecule has 0 radical (unpaired) electrons. The van der Waals surface area contributed by atoms with Crippen LogP contribution < -0.4 is 0 Å². The number of carbonyl (C=O) groups excluding carboxylic acids is 2. The van der Waals surface area contributed by atoms with E-state index >= 15 is 0 Å². The maximum absolute atomic E-state index is 10.6. The standard InChI is InChI=1S/C12H18N2O2/c1-8-5-9(2)11(4)12(10(8)3,13-6-15)14-7-16/h8-11H,5H2,1-4H3. The predicted octanol–water partition coefficient (Wildman–Crippen LogP) is 2.30. The number of rotatable bonds is 2. The summed E-state index contributed by atoms with van der Waals surface area (Å²) in [6.07, 6.45) is 4.20. The smallest absolute Gasteiger partial charge is 0.211 e. The van der Waals surface area contributed by atoms with Gasteiger partial charge in [0, 0.05) is 11.8 Å². The largest absolute Gasteiger partial charge is 0.237 e. The zero-order valence-corrected chi connectivity index (χ0v) is 10.2. The van der Waals surface area contributed by atoms with Crippen molar-refractivity contribution in [2.45, 2.75) is 39.8 Å². The molecule has 4 unspecified atom stereocenters. The van der Waals surface area contributed by atoms with Crippen LogP contribution in [-0.4, -0.2) is 17.8 Å². The first-order chi connectivity index (χ1) is 7.49. The van der Waals surface area contributed by atoms with Crippen molar-refractivity contribution in [3.05, 3.63) is 0 Å². The van der Waals surface area contributed by atoms with E-state index in [1.165, 1.54) is 0 Å². The fraction of sp³-hybridized carbons (Fsp3) is 0.833. The van der Waals surface area contributed by atoms with Crippen molar-refractivity contribution in [2.24, 2.45) is 33.7 Å². The lowest BCUT2D eigenvalue weighted by Gasteiger charge is -2.46. The summed E-state index contributed by atoms with van der Waals surface area (Å²) >= 11 is 0. The van der Waals surface area contributed by atoms with Crippen LogP contribution in [0.5, 0.6) is 0 Å². The van der Waals surface area contributed by atoms with Gasteiger partial charge < -0.3 is 0 Å². The second kappa shape index (κ2) is 4.73. The van der Waals surface area contributed by atoms with Crippen molar-refractivity contribution in [2.75, 3.05) is 0 Å². The Kier molecular flexibility index (Phi) is 3.79. The normalized spacial score (nSPS) is 43.0. The molecule has 16 heavy (non-hydrogen) atoms. The lowest BCUT2D eigenvalue weighted by atomic mass is 9.64. The van der Waals surface area contributed by atoms with Gasteiger partial charge in [-0.15, -0.1) is 0 Å². The molecule has 0 amide bonds. The molecule has 0 bridgehead atoms. The first-order valence-electron chi connectivity index (χ1n) is 5.67. The molecule has 4 heteroatoms. The third-order valence-corrected chi connectivity index (χ3v) is 4.24. The highest BCUT2D eigenvalue weighted by Gasteiger charge is 2.50. The van der Waals surface area contributed by atoms with Crippen molar-refractivity contribution in [3.8, 4) is 0 Å². The third kappa shape index (κ3) is 1.87. The second-order valence-corrected chi connectivity index (χ2v) is 4.96. The summed E-state index contributed by atoms with van der Waals surface area (Å²) in [7, 11) is 0. The Morgan fingerprint density at radius 1 is 0.938 bits per heavy atom. The molecule has 1 rings (SSSR count). The Morgan fingerprint density at radius 2 is 1.31 bits per heavy atom. The van der Waals surface area contributed by atoms with Gasteiger partial charge in [0.15, 0.2) is 5.66 Å². The molecule has 0 aliphatic heterocycles. The highest BCUT2D eigenvalue weighted by atomic mass is 16.1. The fourth-order valence-corrected chi connectivity index (χ4v) is 2.83. The van der Waals surface area contributed by atoms with Crippen LogP contribution in [-0.2, 0) is 9.59 Å². The highest BCUT2D eigenvalue weighted by Crippen LogP contribution is 2.47. The van der Waals surface area contributed by atoms with E-state index in [-0.39, 0.29) is 11.8 Å². The van der Waals surface area contributed by atoms with Crippen LogP contribution >= 0.6 is 0 Å². The van der Waals surface area contributed by atoms with E-state index in [1.54, 1.807) is 12.2 Å². The van der Waals surface area contributed by atoms with E-state index in [9.17, 15) is 9.59 Å². The van der Waals surface area contributed by atoms with Gasteiger partial charge in [-0.1, -0.05) is 27.7 Å². The maximum Gasteiger partial charge on any atom is 0.237 e. The Hall–Kier alpha value is -1.24. The van der Waals surface area contributed by atoms with Crippen LogP contribution in [0.1, 0.15) is 34.1 Å². The number of aliphatic imine (C=N–C) groups is 2. The van der Waals surface area contributed by atoms with Crippen LogP contribution in [0.4, 0.5) is 0 Å². The summed E-state index contributed by atoms with van der Waals surface area (Å²) in [4.78, 5) is 28.8. The molecule has 1 aliphatic rings. The molecule has 1 saturated carbocycles. The van der Waals surface area contributed by atoms with E-state index in [0.717, 1.165) is 6.42 Å². The van der Waals surface area contributed by atoms with Gasteiger partial charge in [0.25, 0.3) is 0 Å². The summed E-state index contributed by atoms with van der Waals surface area (Å²) in [5.74, 6) is 0.865. The SMILES string of the molecule is CC1CC(C)C(C)C(N=C=O)(N=C=O)C1C. The van der Waals surface area contributed by atoms with Crippen LogP contribution in [0.15, 0.2) is 9.98 Å². The fourth-order valence-electron chi connectivity index (χ4n) is 2.83. The molecule has 0 N–H and O–H groups in total. The summed E-state index contributed by atoms with van der Waals surface area (Å²) in [6, 6.07) is 0. The molecular weight excluding hydrogens is 204 g/mol. The highest BCUT2D eigenvalue weighted by molar-refractivity contribution is 5.40. The number of hydrogen-bond donors (Lipinski definition) is 0. The Bertz CT molecular complexity index is 320. The lowest BCUT2D eigenvalue weighted by molar-refractivity contribution is 0.0513. The lowest BCUT2D eigenvalue weighted by Crippen LogP contribution is -2.49. The number of isocyanates is 2. The summed E-state index contributed by atoms with van der Waals surface area (Å²) in [6.45, 7) is 8.16. The predicted molar refractivity (Wildman–Crippen MR) is 60.2 cm³/mol. The van der Waals surface area contributed by atoms with E-state index < -0.39 is 5.66 Å². The van der Waals surface area contributed by atoms with Crippen LogP contribution in [0.25, 0.3) is 0 Å². The number of nitrogens with zero attached hydrogens (tertiary/aromatic N) is 2. The Balaban J connectivity index is 3.29. The monoisotopic (exact) mass is 222 g/mol. The van der Waals surface area contributed by atoms with Gasteiger partial charge in [-0.25, -0.2) is 9.59 Å². The zero-order valence-electron chi connectivity index (χ0n) is 10.2. The molecular formula is C12H18N2O2. The van der Waals surface area contributed by atoms with Gasteiger partial charge >= 0.3 is 0 Å². The maximum atomic E-state index is 10.6. The van der Waals surface area contributed by atoms with Gasteiger partial charge in [0.1, 0.15) is 0 Å². The molecule has 88 valence electrons. The van der Waals surface area contributed by atoms with E-state index in [4.69, 9.17) is 0 Å². The zero-order chi connectivity index (χ0) is 12.3. The van der Waals surface area contributed by atoms with Gasteiger partial charge in [-0.05, 0) is 18.3 Å². The average Bonchev–Trinajstić information content (AvgIpc) is 2.24. The van der Waals surface area contributed by atoms with E-state index in [2.05, 4.69) is 23.8 Å². The Morgan fingerprint density at radius 3 is 1.62 bits per heavy atom. The quantitative estimate of drug-likeness (QED) is 0.531. The molecule has 0 spiro atoms. The first kappa shape index (κ1) is 12.8. The van der Waals surface area contributed by atoms with Crippen molar-refractivity contribution in [1.29, 1.82) is 0 Å². The van der Waals surface area contributed by atoms with Gasteiger partial charge in [0.2, 0.25) is 12.2 Å². The van der Waals surface area contributed by atoms with Gasteiger partial charge in [-0.2, -0.15) is 9.98 Å². The van der Waals surface area contributed by atoms with Crippen molar-refractivity contribution >= 4 is 12.2 Å². The van der Waals surface area contributed by atoms with Crippen molar-refractivity contribution in [1.82, 2.24) is 0 Å². The van der Waals surface area contributed by atoms with Crippen LogP contribution in [0.2, 0.25) is 0 Å². The minimum absolute atomic E-state index is 0.0570. The van der Waals surface area contributed by atoms with Crippen molar-refractivity contribution in [3.63, 3.8) is 0 Å². The van der Waals surface area contributed by atoms with Crippen LogP contribution in [0.3, 0.4) is 0 Å². The third-order valence-electron chi connectivity index (χ3n) is 4.24. The molecule has 1 fully saturated rings. The topological polar surface area (TPSA) is 58.9 Å². The van der Waals surface area contributed by atoms with Crippen molar-refractivity contribution < 1.29 is 9.59 Å². The molecule has 0 aromatic rings. The molecule has 0 heterocycles. The molecule has 1 aliphatic carbocycles. The molecule has 4 atom stereocenters. The molecule has 0 aromatic carbocycles. The van der Waals surface area contributed by atoms with Crippen LogP contribution in [0, 0.1) is 23.7 Å². The number of hydrogen-bond acceptors (Lipinski definition) is 4. The minimum Gasteiger partial charge on any atom is -0.211 e. The molecule has 0 aromatic heterocycles. The van der Waals surface area contributed by atoms with E-state index in [0.29, 0.717) is 11.8 Å². The van der Waals surface area contributed by atoms with Gasteiger partial charge in [0.05, 0.1) is 0 Å². The second-order valence-electron chi connectivity index (χ2n) is 4.96. The molecule has 0 saturated heterocycles. The minimum atomic E-state index is -0.958. The Labute approximate surface area is 95.9 Å². The first-order valence-corrected chi connectivity index (χ1v) is 5.67. The summed E-state index contributed by atoms with van der Waals surface area (Å²) in [5.41, 5.74) is -0.958. The van der Waals surface area contributed by atoms with E-state index in [1.807, 2.05) is 13.8 Å². The molecule has 4 nitrogen and oxygen atoms in total. The summed E-state index contributed by atoms with van der Waals surface area (Å²) in [5, 5.41) is 0. The average molecular weight is 222 g/mol. The van der Waals surface area contributed by atoms with Gasteiger partial charge in [-0.3, -0.25) is 0 Å².